The maximum Gasteiger partial charge on any atom is 0.232 e. The van der Waals surface area contributed by atoms with Gasteiger partial charge in [0.1, 0.15) is 0 Å². The van der Waals surface area contributed by atoms with Crippen LogP contribution in [0.5, 0.6) is 0 Å². The van der Waals surface area contributed by atoms with E-state index in [1.165, 1.54) is 31.0 Å². The van der Waals surface area contributed by atoms with E-state index in [-0.39, 0.29) is 5.91 Å². The molecule has 1 aromatic carbocycles. The number of benzene rings is 1. The number of carbonyl (C=O) groups is 1. The average molecular weight is 313 g/mol. The molecule has 2 N–H and O–H groups in total. The van der Waals surface area contributed by atoms with Crippen molar-refractivity contribution < 1.29 is 4.79 Å². The van der Waals surface area contributed by atoms with E-state index >= 15 is 0 Å². The summed E-state index contributed by atoms with van der Waals surface area (Å²) in [6, 6.07) is 5.76. The molecule has 0 atom stereocenters. The van der Waals surface area contributed by atoms with Gasteiger partial charge in [-0.3, -0.25) is 4.79 Å². The van der Waals surface area contributed by atoms with E-state index in [4.69, 9.17) is 17.3 Å². The Morgan fingerprint density at radius 3 is 2.80 bits per heavy atom. The molecule has 0 aromatic heterocycles. The Hall–Kier alpha value is -0.870. The van der Waals surface area contributed by atoms with E-state index in [0.717, 1.165) is 17.7 Å². The van der Waals surface area contributed by atoms with E-state index < -0.39 is 0 Å². The second-order valence-corrected chi connectivity index (χ2v) is 6.72. The van der Waals surface area contributed by atoms with Gasteiger partial charge < -0.3 is 10.6 Å². The first kappa shape index (κ1) is 15.5. The van der Waals surface area contributed by atoms with Gasteiger partial charge in [-0.2, -0.15) is 0 Å². The van der Waals surface area contributed by atoms with Crippen LogP contribution in [0.1, 0.15) is 32.1 Å². The summed E-state index contributed by atoms with van der Waals surface area (Å²) in [6.45, 7) is 0. The fraction of sp³-hybridized carbons (Fsp3) is 0.533. The molecule has 1 aliphatic carbocycles. The smallest absolute Gasteiger partial charge is 0.232 e. The lowest BCUT2D eigenvalue weighted by molar-refractivity contribution is -0.129. The summed E-state index contributed by atoms with van der Waals surface area (Å²) in [7, 11) is 1.92. The first-order valence-electron chi connectivity index (χ1n) is 7.01. The first-order valence-corrected chi connectivity index (χ1v) is 8.38. The number of nitrogen functional groups attached to an aromatic ring is 1. The molecular weight excluding hydrogens is 292 g/mol. The van der Waals surface area contributed by atoms with Gasteiger partial charge in [0.25, 0.3) is 0 Å². The molecule has 0 saturated heterocycles. The van der Waals surface area contributed by atoms with E-state index in [1.807, 2.05) is 18.0 Å². The Morgan fingerprint density at radius 2 is 2.10 bits per heavy atom. The zero-order valence-electron chi connectivity index (χ0n) is 11.8. The molecule has 1 aliphatic rings. The van der Waals surface area contributed by atoms with Crippen LogP contribution >= 0.6 is 23.4 Å². The summed E-state index contributed by atoms with van der Waals surface area (Å²) >= 11 is 7.41. The third-order valence-electron chi connectivity index (χ3n) is 3.84. The second-order valence-electron chi connectivity index (χ2n) is 5.27. The van der Waals surface area contributed by atoms with Gasteiger partial charge in [-0.15, -0.1) is 11.8 Å². The number of thioether (sulfide) groups is 1. The Kier molecular flexibility index (Phi) is 5.61. The molecule has 3 nitrogen and oxygen atoms in total. The Labute approximate surface area is 129 Å². The molecular formula is C15H21ClN2OS. The van der Waals surface area contributed by atoms with Crippen LogP contribution < -0.4 is 5.73 Å². The number of rotatable bonds is 4. The van der Waals surface area contributed by atoms with Gasteiger partial charge in [0.2, 0.25) is 5.91 Å². The molecule has 110 valence electrons. The van der Waals surface area contributed by atoms with Crippen LogP contribution in [-0.4, -0.2) is 29.6 Å². The maximum atomic E-state index is 12.2. The van der Waals surface area contributed by atoms with Crippen molar-refractivity contribution in [1.29, 1.82) is 0 Å². The number of halogens is 1. The molecule has 1 saturated carbocycles. The van der Waals surface area contributed by atoms with Gasteiger partial charge in [0, 0.05) is 28.7 Å². The van der Waals surface area contributed by atoms with Crippen LogP contribution in [0, 0.1) is 0 Å². The number of nitrogens with two attached hydrogens (primary N) is 1. The number of hydrogen-bond donors (Lipinski definition) is 1. The van der Waals surface area contributed by atoms with Crippen molar-refractivity contribution in [2.24, 2.45) is 0 Å². The molecule has 1 amide bonds. The SMILES string of the molecule is CN(C(=O)CSc1cc(Cl)ccc1N)C1CCCCC1. The predicted molar refractivity (Wildman–Crippen MR) is 86.2 cm³/mol. The minimum Gasteiger partial charge on any atom is -0.398 e. The average Bonchev–Trinajstić information content (AvgIpc) is 2.48. The molecule has 1 fully saturated rings. The third-order valence-corrected chi connectivity index (χ3v) is 5.13. The zero-order valence-corrected chi connectivity index (χ0v) is 13.3. The lowest BCUT2D eigenvalue weighted by atomic mass is 9.94. The topological polar surface area (TPSA) is 46.3 Å². The molecule has 0 radical (unpaired) electrons. The number of nitrogens with zero attached hydrogens (tertiary/aromatic N) is 1. The van der Waals surface area contributed by atoms with E-state index in [2.05, 4.69) is 0 Å². The number of anilines is 1. The molecule has 0 spiro atoms. The minimum atomic E-state index is 0.168. The van der Waals surface area contributed by atoms with Crippen LogP contribution in [0.4, 0.5) is 5.69 Å². The highest BCUT2D eigenvalue weighted by Crippen LogP contribution is 2.29. The Morgan fingerprint density at radius 1 is 1.40 bits per heavy atom. The van der Waals surface area contributed by atoms with Crippen molar-refractivity contribution in [1.82, 2.24) is 4.90 Å². The van der Waals surface area contributed by atoms with Crippen LogP contribution in [0.3, 0.4) is 0 Å². The lowest BCUT2D eigenvalue weighted by Gasteiger charge is -2.31. The van der Waals surface area contributed by atoms with Gasteiger partial charge in [0.15, 0.2) is 0 Å². The van der Waals surface area contributed by atoms with Crippen molar-refractivity contribution >= 4 is 35.0 Å². The van der Waals surface area contributed by atoms with Crippen molar-refractivity contribution in [2.45, 2.75) is 43.0 Å². The van der Waals surface area contributed by atoms with E-state index in [1.54, 1.807) is 12.1 Å². The highest BCUT2D eigenvalue weighted by atomic mass is 35.5. The largest absolute Gasteiger partial charge is 0.398 e. The van der Waals surface area contributed by atoms with Crippen molar-refractivity contribution in [2.75, 3.05) is 18.5 Å². The van der Waals surface area contributed by atoms with Gasteiger partial charge in [0.05, 0.1) is 5.75 Å². The zero-order chi connectivity index (χ0) is 14.5. The predicted octanol–water partition coefficient (Wildman–Crippen LogP) is 3.81. The van der Waals surface area contributed by atoms with Crippen molar-refractivity contribution in [3.63, 3.8) is 0 Å². The van der Waals surface area contributed by atoms with Gasteiger partial charge in [-0.25, -0.2) is 0 Å². The van der Waals surface area contributed by atoms with Crippen LogP contribution in [-0.2, 0) is 4.79 Å². The maximum absolute atomic E-state index is 12.2. The quantitative estimate of drug-likeness (QED) is 0.679. The molecule has 5 heteroatoms. The molecule has 20 heavy (non-hydrogen) atoms. The molecule has 1 aromatic rings. The summed E-state index contributed by atoms with van der Waals surface area (Å²) in [5, 5.41) is 0.648. The Balaban J connectivity index is 1.89. The van der Waals surface area contributed by atoms with Crippen LogP contribution in [0.25, 0.3) is 0 Å². The van der Waals surface area contributed by atoms with Gasteiger partial charge >= 0.3 is 0 Å². The van der Waals surface area contributed by atoms with Gasteiger partial charge in [-0.1, -0.05) is 30.9 Å². The molecule has 2 rings (SSSR count). The van der Waals surface area contributed by atoms with Crippen LogP contribution in [0.2, 0.25) is 5.02 Å². The van der Waals surface area contributed by atoms with Crippen molar-refractivity contribution in [3.8, 4) is 0 Å². The third kappa shape index (κ3) is 4.06. The summed E-state index contributed by atoms with van der Waals surface area (Å²) in [6.07, 6.45) is 6.03. The molecule has 0 heterocycles. The van der Waals surface area contributed by atoms with Gasteiger partial charge in [-0.05, 0) is 31.0 Å². The summed E-state index contributed by atoms with van der Waals surface area (Å²) < 4.78 is 0. The molecule has 0 unspecified atom stereocenters. The summed E-state index contributed by atoms with van der Waals surface area (Å²) in [4.78, 5) is 15.0. The highest BCUT2D eigenvalue weighted by Gasteiger charge is 2.22. The normalized spacial score (nSPS) is 16.1. The summed E-state index contributed by atoms with van der Waals surface area (Å²) in [5.41, 5.74) is 6.56. The Bertz CT molecular complexity index is 475. The van der Waals surface area contributed by atoms with Crippen molar-refractivity contribution in [3.05, 3.63) is 23.2 Å². The fourth-order valence-corrected chi connectivity index (χ4v) is 3.71. The number of carbonyl (C=O) groups excluding carboxylic acids is 1. The molecule has 0 bridgehead atoms. The molecule has 0 aliphatic heterocycles. The number of hydrogen-bond acceptors (Lipinski definition) is 3. The highest BCUT2D eigenvalue weighted by molar-refractivity contribution is 8.00. The number of amides is 1. The first-order chi connectivity index (χ1) is 9.58. The van der Waals surface area contributed by atoms with E-state index in [9.17, 15) is 4.79 Å². The standard InChI is InChI=1S/C15H21ClN2OS/c1-18(12-5-3-2-4-6-12)15(19)10-20-14-9-11(16)7-8-13(14)17/h7-9,12H,2-6,10,17H2,1H3. The minimum absolute atomic E-state index is 0.168. The fourth-order valence-electron chi connectivity index (χ4n) is 2.55. The second kappa shape index (κ2) is 7.23. The summed E-state index contributed by atoms with van der Waals surface area (Å²) in [5.74, 6) is 0.582. The van der Waals surface area contributed by atoms with E-state index in [0.29, 0.717) is 22.5 Å². The van der Waals surface area contributed by atoms with Crippen LogP contribution in [0.15, 0.2) is 23.1 Å². The monoisotopic (exact) mass is 312 g/mol. The lowest BCUT2D eigenvalue weighted by Crippen LogP contribution is -2.39.